The van der Waals surface area contributed by atoms with Crippen LogP contribution >= 0.6 is 0 Å². The topological polar surface area (TPSA) is 67.3 Å². The highest BCUT2D eigenvalue weighted by molar-refractivity contribution is 7.91. The van der Waals surface area contributed by atoms with E-state index in [-0.39, 0.29) is 29.3 Å². The molecule has 0 N–H and O–H groups in total. The summed E-state index contributed by atoms with van der Waals surface area (Å²) in [4.78, 5) is 20.0. The van der Waals surface area contributed by atoms with E-state index >= 15 is 0 Å². The van der Waals surface area contributed by atoms with Gasteiger partial charge in [-0.3, -0.25) is 4.79 Å². The van der Waals surface area contributed by atoms with Crippen LogP contribution in [0.4, 0.5) is 4.39 Å². The van der Waals surface area contributed by atoms with Gasteiger partial charge in [0.25, 0.3) is 5.91 Å². The number of pyridine rings is 1. The number of nitrogens with zero attached hydrogens (tertiary/aromatic N) is 2. The molecule has 1 aliphatic heterocycles. The molecule has 2 aromatic carbocycles. The van der Waals surface area contributed by atoms with Crippen LogP contribution in [-0.2, 0) is 9.84 Å². The normalized spacial score (nSPS) is 17.9. The minimum atomic E-state index is -3.11. The molecule has 0 bridgehead atoms. The van der Waals surface area contributed by atoms with E-state index in [4.69, 9.17) is 0 Å². The SMILES string of the molecule is CCCN(C(=O)c1cc(-c2ccc(F)cc2)nc2ccccc12)C1CCS(=O)(=O)C1. The van der Waals surface area contributed by atoms with Gasteiger partial charge in [-0.15, -0.1) is 0 Å². The van der Waals surface area contributed by atoms with Gasteiger partial charge in [-0.1, -0.05) is 25.1 Å². The Morgan fingerprint density at radius 2 is 1.90 bits per heavy atom. The van der Waals surface area contributed by atoms with Gasteiger partial charge < -0.3 is 4.90 Å². The smallest absolute Gasteiger partial charge is 0.254 e. The van der Waals surface area contributed by atoms with Crippen molar-refractivity contribution in [3.8, 4) is 11.3 Å². The zero-order valence-corrected chi connectivity index (χ0v) is 17.5. The van der Waals surface area contributed by atoms with Crippen molar-refractivity contribution in [3.63, 3.8) is 0 Å². The first-order valence-corrected chi connectivity index (χ1v) is 11.9. The van der Waals surface area contributed by atoms with Gasteiger partial charge >= 0.3 is 0 Å². The number of hydrogen-bond donors (Lipinski definition) is 0. The van der Waals surface area contributed by atoms with Crippen LogP contribution in [-0.4, -0.2) is 48.3 Å². The molecule has 0 spiro atoms. The molecule has 3 aromatic rings. The first-order valence-electron chi connectivity index (χ1n) is 10.0. The molecule has 1 fully saturated rings. The summed E-state index contributed by atoms with van der Waals surface area (Å²) in [7, 11) is -3.11. The van der Waals surface area contributed by atoms with Gasteiger partial charge in [0, 0.05) is 23.5 Å². The fourth-order valence-electron chi connectivity index (χ4n) is 3.99. The summed E-state index contributed by atoms with van der Waals surface area (Å²) in [6, 6.07) is 14.8. The molecular weight excluding hydrogens is 403 g/mol. The number of halogens is 1. The maximum atomic E-state index is 13.6. The summed E-state index contributed by atoms with van der Waals surface area (Å²) < 4.78 is 37.4. The Morgan fingerprint density at radius 1 is 1.17 bits per heavy atom. The molecule has 1 aliphatic rings. The molecule has 1 unspecified atom stereocenters. The van der Waals surface area contributed by atoms with E-state index in [0.717, 1.165) is 11.8 Å². The second kappa shape index (κ2) is 8.14. The van der Waals surface area contributed by atoms with Crippen molar-refractivity contribution in [2.75, 3.05) is 18.1 Å². The summed E-state index contributed by atoms with van der Waals surface area (Å²) in [5.74, 6) is -0.413. The second-order valence-corrected chi connectivity index (χ2v) is 9.86. The van der Waals surface area contributed by atoms with Crippen molar-refractivity contribution in [3.05, 3.63) is 66.0 Å². The van der Waals surface area contributed by atoms with Gasteiger partial charge in [0.15, 0.2) is 9.84 Å². The van der Waals surface area contributed by atoms with E-state index in [1.807, 2.05) is 31.2 Å². The summed E-state index contributed by atoms with van der Waals surface area (Å²) in [5, 5.41) is 0.718. The maximum Gasteiger partial charge on any atom is 0.254 e. The largest absolute Gasteiger partial charge is 0.335 e. The molecule has 1 amide bonds. The number of aromatic nitrogens is 1. The fraction of sp³-hybridized carbons (Fsp3) is 0.304. The number of fused-ring (bicyclic) bond motifs is 1. The number of benzene rings is 2. The third kappa shape index (κ3) is 4.07. The molecule has 0 saturated carbocycles. The van der Waals surface area contributed by atoms with Gasteiger partial charge in [-0.2, -0.15) is 0 Å². The Balaban J connectivity index is 1.81. The van der Waals surface area contributed by atoms with Gasteiger partial charge in [-0.05, 0) is 49.2 Å². The minimum Gasteiger partial charge on any atom is -0.335 e. The van der Waals surface area contributed by atoms with Crippen molar-refractivity contribution in [1.82, 2.24) is 9.88 Å². The average Bonchev–Trinajstić information content (AvgIpc) is 3.10. The molecule has 7 heteroatoms. The highest BCUT2D eigenvalue weighted by atomic mass is 32.2. The van der Waals surface area contributed by atoms with Crippen molar-refractivity contribution >= 4 is 26.6 Å². The summed E-state index contributed by atoms with van der Waals surface area (Å²) in [6.07, 6.45) is 1.19. The highest BCUT2D eigenvalue weighted by Crippen LogP contribution is 2.28. The number of amides is 1. The van der Waals surface area contributed by atoms with Crippen molar-refractivity contribution in [2.45, 2.75) is 25.8 Å². The molecule has 1 atom stereocenters. The standard InChI is InChI=1S/C23H23FN2O3S/c1-2-12-26(18-11-13-30(28,29)15-18)23(27)20-14-22(16-7-9-17(24)10-8-16)25-21-6-4-3-5-19(20)21/h3-10,14,18H,2,11-13,15H2,1H3. The monoisotopic (exact) mass is 426 g/mol. The van der Waals surface area contributed by atoms with Gasteiger partial charge in [0.2, 0.25) is 0 Å². The molecule has 2 heterocycles. The van der Waals surface area contributed by atoms with E-state index < -0.39 is 9.84 Å². The molecule has 1 saturated heterocycles. The van der Waals surface area contributed by atoms with E-state index in [0.29, 0.717) is 35.3 Å². The third-order valence-electron chi connectivity index (χ3n) is 5.46. The Morgan fingerprint density at radius 3 is 2.57 bits per heavy atom. The van der Waals surface area contributed by atoms with Crippen molar-refractivity contribution < 1.29 is 17.6 Å². The fourth-order valence-corrected chi connectivity index (χ4v) is 5.72. The van der Waals surface area contributed by atoms with Crippen LogP contribution in [0.15, 0.2) is 54.6 Å². The van der Waals surface area contributed by atoms with Crippen LogP contribution < -0.4 is 0 Å². The Bertz CT molecular complexity index is 1190. The lowest BCUT2D eigenvalue weighted by atomic mass is 10.0. The highest BCUT2D eigenvalue weighted by Gasteiger charge is 2.35. The van der Waals surface area contributed by atoms with Crippen molar-refractivity contribution in [2.24, 2.45) is 0 Å². The zero-order chi connectivity index (χ0) is 21.3. The molecule has 1 aromatic heterocycles. The summed E-state index contributed by atoms with van der Waals surface area (Å²) in [6.45, 7) is 2.46. The first-order chi connectivity index (χ1) is 14.4. The van der Waals surface area contributed by atoms with E-state index in [9.17, 15) is 17.6 Å². The lowest BCUT2D eigenvalue weighted by Crippen LogP contribution is -2.41. The average molecular weight is 427 g/mol. The Hall–Kier alpha value is -2.80. The number of sulfone groups is 1. The lowest BCUT2D eigenvalue weighted by Gasteiger charge is -2.28. The number of rotatable bonds is 5. The first kappa shape index (κ1) is 20.5. The van der Waals surface area contributed by atoms with Crippen molar-refractivity contribution in [1.29, 1.82) is 0 Å². The molecule has 5 nitrogen and oxygen atoms in total. The Labute approximate surface area is 175 Å². The molecule has 0 radical (unpaired) electrons. The van der Waals surface area contributed by atoms with Gasteiger partial charge in [0.05, 0.1) is 28.3 Å². The molecule has 0 aliphatic carbocycles. The molecular formula is C23H23FN2O3S. The number of carbonyl (C=O) groups is 1. The third-order valence-corrected chi connectivity index (χ3v) is 7.21. The number of hydrogen-bond acceptors (Lipinski definition) is 4. The summed E-state index contributed by atoms with van der Waals surface area (Å²) in [5.41, 5.74) is 2.44. The lowest BCUT2D eigenvalue weighted by molar-refractivity contribution is 0.0699. The van der Waals surface area contributed by atoms with E-state index in [1.54, 1.807) is 23.1 Å². The van der Waals surface area contributed by atoms with Crippen LogP contribution in [0.3, 0.4) is 0 Å². The van der Waals surface area contributed by atoms with Gasteiger partial charge in [-0.25, -0.2) is 17.8 Å². The van der Waals surface area contributed by atoms with Crippen LogP contribution in [0.1, 0.15) is 30.1 Å². The summed E-state index contributed by atoms with van der Waals surface area (Å²) >= 11 is 0. The molecule has 30 heavy (non-hydrogen) atoms. The quantitative estimate of drug-likeness (QED) is 0.617. The predicted octanol–water partition coefficient (Wildman–Crippen LogP) is 4.08. The number of carbonyl (C=O) groups excluding carboxylic acids is 1. The maximum absolute atomic E-state index is 13.6. The van der Waals surface area contributed by atoms with Crippen LogP contribution in [0, 0.1) is 5.82 Å². The second-order valence-electron chi connectivity index (χ2n) is 7.63. The number of para-hydroxylation sites is 1. The zero-order valence-electron chi connectivity index (χ0n) is 16.7. The molecule has 4 rings (SSSR count). The minimum absolute atomic E-state index is 0.00652. The van der Waals surface area contributed by atoms with E-state index in [2.05, 4.69) is 4.98 Å². The molecule has 156 valence electrons. The van der Waals surface area contributed by atoms with Crippen LogP contribution in [0.25, 0.3) is 22.2 Å². The Kier molecular flexibility index (Phi) is 5.56. The van der Waals surface area contributed by atoms with Crippen LogP contribution in [0.5, 0.6) is 0 Å². The predicted molar refractivity (Wildman–Crippen MR) is 116 cm³/mol. The van der Waals surface area contributed by atoms with E-state index in [1.165, 1.54) is 12.1 Å². The van der Waals surface area contributed by atoms with Gasteiger partial charge in [0.1, 0.15) is 5.82 Å². The van der Waals surface area contributed by atoms with Crippen LogP contribution in [0.2, 0.25) is 0 Å².